The molecule has 21 heavy (non-hydrogen) atoms. The molecule has 3 heterocycles. The third-order valence-corrected chi connectivity index (χ3v) is 4.31. The molecule has 0 radical (unpaired) electrons. The lowest BCUT2D eigenvalue weighted by Crippen LogP contribution is -2.47. The van der Waals surface area contributed by atoms with Gasteiger partial charge in [-0.1, -0.05) is 0 Å². The Morgan fingerprint density at radius 3 is 2.33 bits per heavy atom. The van der Waals surface area contributed by atoms with E-state index in [0.717, 1.165) is 51.8 Å². The number of aromatic nitrogens is 2. The molecule has 2 aliphatic heterocycles. The Bertz CT molecular complexity index is 452. The van der Waals surface area contributed by atoms with Gasteiger partial charge in [0.25, 0.3) is 0 Å². The van der Waals surface area contributed by atoms with Gasteiger partial charge in [-0.25, -0.2) is 9.97 Å². The molecule has 114 valence electrons. The number of nitrogens with zero attached hydrogens (tertiary/aromatic N) is 5. The molecule has 0 bridgehead atoms. The number of rotatable bonds is 4. The van der Waals surface area contributed by atoms with Crippen LogP contribution in [0.1, 0.15) is 19.3 Å². The average molecular weight is 289 g/mol. The molecule has 0 aliphatic carbocycles. The zero-order chi connectivity index (χ0) is 14.5. The van der Waals surface area contributed by atoms with E-state index in [4.69, 9.17) is 0 Å². The molecule has 1 aromatic heterocycles. The Labute approximate surface area is 125 Å². The quantitative estimate of drug-likeness (QED) is 0.813. The fraction of sp³-hybridized carbons (Fsp3) is 0.667. The molecule has 0 atom stereocenters. The maximum absolute atomic E-state index is 12.0. The molecule has 0 unspecified atom stereocenters. The fourth-order valence-electron chi connectivity index (χ4n) is 3.00. The van der Waals surface area contributed by atoms with Crippen molar-refractivity contribution < 1.29 is 4.79 Å². The van der Waals surface area contributed by atoms with Gasteiger partial charge in [-0.05, 0) is 18.9 Å². The number of amides is 1. The fourth-order valence-corrected chi connectivity index (χ4v) is 3.00. The van der Waals surface area contributed by atoms with Gasteiger partial charge in [0, 0.05) is 64.6 Å². The highest BCUT2D eigenvalue weighted by molar-refractivity contribution is 5.76. The van der Waals surface area contributed by atoms with Gasteiger partial charge < -0.3 is 9.80 Å². The van der Waals surface area contributed by atoms with Gasteiger partial charge >= 0.3 is 0 Å². The summed E-state index contributed by atoms with van der Waals surface area (Å²) in [7, 11) is 0. The van der Waals surface area contributed by atoms with Crippen LogP contribution in [-0.2, 0) is 4.79 Å². The summed E-state index contributed by atoms with van der Waals surface area (Å²) in [5, 5.41) is 0. The van der Waals surface area contributed by atoms with Crippen LogP contribution in [0, 0.1) is 0 Å². The van der Waals surface area contributed by atoms with Crippen molar-refractivity contribution in [3.05, 3.63) is 18.5 Å². The molecule has 6 nitrogen and oxygen atoms in total. The zero-order valence-corrected chi connectivity index (χ0v) is 12.4. The molecule has 6 heteroatoms. The Morgan fingerprint density at radius 2 is 1.67 bits per heavy atom. The largest absolute Gasteiger partial charge is 0.343 e. The lowest BCUT2D eigenvalue weighted by atomic mass is 10.3. The smallest absolute Gasteiger partial charge is 0.225 e. The first kappa shape index (κ1) is 14.3. The first-order valence-corrected chi connectivity index (χ1v) is 7.85. The van der Waals surface area contributed by atoms with Crippen LogP contribution in [0.5, 0.6) is 0 Å². The van der Waals surface area contributed by atoms with E-state index in [2.05, 4.69) is 19.8 Å². The normalized spacial score (nSPS) is 20.0. The van der Waals surface area contributed by atoms with Crippen LogP contribution in [0.15, 0.2) is 18.5 Å². The highest BCUT2D eigenvalue weighted by Crippen LogP contribution is 2.12. The lowest BCUT2D eigenvalue weighted by Gasteiger charge is -2.34. The average Bonchev–Trinajstić information content (AvgIpc) is 3.08. The molecule has 2 fully saturated rings. The first-order valence-electron chi connectivity index (χ1n) is 7.85. The monoisotopic (exact) mass is 289 g/mol. The summed E-state index contributed by atoms with van der Waals surface area (Å²) >= 11 is 0. The molecule has 2 saturated heterocycles. The third-order valence-electron chi connectivity index (χ3n) is 4.31. The Kier molecular flexibility index (Phi) is 4.65. The zero-order valence-electron chi connectivity index (χ0n) is 12.4. The van der Waals surface area contributed by atoms with Crippen molar-refractivity contribution in [3.8, 4) is 0 Å². The number of piperazine rings is 1. The van der Waals surface area contributed by atoms with Crippen molar-refractivity contribution in [2.24, 2.45) is 0 Å². The molecule has 0 saturated carbocycles. The number of hydrogen-bond donors (Lipinski definition) is 0. The van der Waals surface area contributed by atoms with Gasteiger partial charge in [0.2, 0.25) is 11.9 Å². The second-order valence-electron chi connectivity index (χ2n) is 5.72. The van der Waals surface area contributed by atoms with Crippen molar-refractivity contribution in [2.45, 2.75) is 19.3 Å². The maximum atomic E-state index is 12.0. The number of anilines is 1. The summed E-state index contributed by atoms with van der Waals surface area (Å²) in [5.41, 5.74) is 0. The SMILES string of the molecule is O=C(CCN1CCN(c2ncccn2)CC1)N1CCCC1. The van der Waals surface area contributed by atoms with Gasteiger partial charge in [-0.2, -0.15) is 0 Å². The van der Waals surface area contributed by atoms with Gasteiger partial charge in [0.1, 0.15) is 0 Å². The van der Waals surface area contributed by atoms with E-state index >= 15 is 0 Å². The number of carbonyl (C=O) groups excluding carboxylic acids is 1. The maximum Gasteiger partial charge on any atom is 0.225 e. The van der Waals surface area contributed by atoms with E-state index in [9.17, 15) is 4.79 Å². The second kappa shape index (κ2) is 6.85. The molecule has 2 aliphatic rings. The minimum absolute atomic E-state index is 0.321. The van der Waals surface area contributed by atoms with E-state index in [0.29, 0.717) is 12.3 Å². The minimum Gasteiger partial charge on any atom is -0.343 e. The highest BCUT2D eigenvalue weighted by Gasteiger charge is 2.21. The molecule has 0 N–H and O–H groups in total. The topological polar surface area (TPSA) is 52.6 Å². The van der Waals surface area contributed by atoms with Gasteiger partial charge in [0.15, 0.2) is 0 Å². The van der Waals surface area contributed by atoms with E-state index in [-0.39, 0.29) is 0 Å². The van der Waals surface area contributed by atoms with Crippen molar-refractivity contribution in [3.63, 3.8) is 0 Å². The molecule has 1 amide bonds. The predicted molar refractivity (Wildman–Crippen MR) is 81.1 cm³/mol. The molecular weight excluding hydrogens is 266 g/mol. The number of hydrogen-bond acceptors (Lipinski definition) is 5. The molecule has 1 aromatic rings. The second-order valence-corrected chi connectivity index (χ2v) is 5.72. The first-order chi connectivity index (χ1) is 10.3. The van der Waals surface area contributed by atoms with E-state index in [1.165, 1.54) is 12.8 Å². The van der Waals surface area contributed by atoms with Crippen molar-refractivity contribution in [1.82, 2.24) is 19.8 Å². The van der Waals surface area contributed by atoms with Crippen LogP contribution in [0.2, 0.25) is 0 Å². The summed E-state index contributed by atoms with van der Waals surface area (Å²) in [5.74, 6) is 1.13. The van der Waals surface area contributed by atoms with E-state index in [1.54, 1.807) is 12.4 Å². The molecule has 3 rings (SSSR count). The number of likely N-dealkylation sites (tertiary alicyclic amines) is 1. The Morgan fingerprint density at radius 1 is 1.00 bits per heavy atom. The summed E-state index contributed by atoms with van der Waals surface area (Å²) in [6.45, 7) is 6.61. The third kappa shape index (κ3) is 3.69. The number of carbonyl (C=O) groups is 1. The molecule has 0 spiro atoms. The minimum atomic E-state index is 0.321. The van der Waals surface area contributed by atoms with Gasteiger partial charge in [0.05, 0.1) is 0 Å². The highest BCUT2D eigenvalue weighted by atomic mass is 16.2. The van der Waals surface area contributed by atoms with Crippen molar-refractivity contribution in [2.75, 3.05) is 50.7 Å². The molecular formula is C15H23N5O. The molecule has 0 aromatic carbocycles. The summed E-state index contributed by atoms with van der Waals surface area (Å²) in [4.78, 5) is 27.2. The van der Waals surface area contributed by atoms with Crippen LogP contribution in [0.3, 0.4) is 0 Å². The van der Waals surface area contributed by atoms with Gasteiger partial charge in [-0.15, -0.1) is 0 Å². The summed E-state index contributed by atoms with van der Waals surface area (Å²) in [6.07, 6.45) is 6.55. The van der Waals surface area contributed by atoms with Crippen molar-refractivity contribution in [1.29, 1.82) is 0 Å². The standard InChI is InChI=1S/C15H23N5O/c21-14(19-7-1-2-8-19)4-9-18-10-12-20(13-11-18)15-16-5-3-6-17-15/h3,5-6H,1-2,4,7-13H2. The Hall–Kier alpha value is -1.69. The van der Waals surface area contributed by atoms with Crippen LogP contribution >= 0.6 is 0 Å². The summed E-state index contributed by atoms with van der Waals surface area (Å²) in [6, 6.07) is 1.84. The Balaban J connectivity index is 1.40. The summed E-state index contributed by atoms with van der Waals surface area (Å²) < 4.78 is 0. The predicted octanol–water partition coefficient (Wildman–Crippen LogP) is 0.611. The van der Waals surface area contributed by atoms with Crippen molar-refractivity contribution >= 4 is 11.9 Å². The van der Waals surface area contributed by atoms with Crippen LogP contribution in [0.4, 0.5) is 5.95 Å². The van der Waals surface area contributed by atoms with E-state index < -0.39 is 0 Å². The lowest BCUT2D eigenvalue weighted by molar-refractivity contribution is -0.130. The van der Waals surface area contributed by atoms with Gasteiger partial charge in [-0.3, -0.25) is 9.69 Å². The van der Waals surface area contributed by atoms with Crippen LogP contribution in [0.25, 0.3) is 0 Å². The van der Waals surface area contributed by atoms with Crippen LogP contribution < -0.4 is 4.90 Å². The van der Waals surface area contributed by atoms with Crippen LogP contribution in [-0.4, -0.2) is 71.5 Å². The van der Waals surface area contributed by atoms with E-state index in [1.807, 2.05) is 11.0 Å².